The van der Waals surface area contributed by atoms with Crippen LogP contribution in [0.2, 0.25) is 0 Å². The zero-order valence-electron chi connectivity index (χ0n) is 15.6. The number of hydrogen-bond donors (Lipinski definition) is 2. The van der Waals surface area contributed by atoms with E-state index in [1.54, 1.807) is 6.07 Å². The molecule has 0 spiro atoms. The van der Waals surface area contributed by atoms with Gasteiger partial charge >= 0.3 is 5.97 Å². The van der Waals surface area contributed by atoms with E-state index in [1.165, 1.54) is 37.4 Å². The van der Waals surface area contributed by atoms with Crippen LogP contribution in [0.15, 0.2) is 48.7 Å². The molecule has 1 aliphatic carbocycles. The number of nitrogens with one attached hydrogen (secondary N) is 1. The van der Waals surface area contributed by atoms with Gasteiger partial charge in [-0.05, 0) is 55.8 Å². The van der Waals surface area contributed by atoms with E-state index in [4.69, 9.17) is 5.11 Å². The van der Waals surface area contributed by atoms with E-state index in [1.807, 2.05) is 6.07 Å². The standard InChI is InChI=1S/C22H27N3O2/c26-22(27)18-6-7-21(24-15-18)25-12-9-16(10-13-25)8-11-23-20-14-19(20)17-4-2-1-3-5-17/h1-7,15-16,19-20,23H,8-14H2,(H,26,27)/t19-,20+/m0/s1. The predicted octanol–water partition coefficient (Wildman–Crippen LogP) is 3.53. The first kappa shape index (κ1) is 18.0. The topological polar surface area (TPSA) is 65.5 Å². The largest absolute Gasteiger partial charge is 0.478 e. The van der Waals surface area contributed by atoms with Gasteiger partial charge < -0.3 is 15.3 Å². The second-order valence-corrected chi connectivity index (χ2v) is 7.74. The number of carbonyl (C=O) groups is 1. The van der Waals surface area contributed by atoms with Crippen LogP contribution in [-0.4, -0.2) is 41.7 Å². The highest BCUT2D eigenvalue weighted by atomic mass is 16.4. The lowest BCUT2D eigenvalue weighted by Gasteiger charge is -2.33. The van der Waals surface area contributed by atoms with Crippen LogP contribution >= 0.6 is 0 Å². The van der Waals surface area contributed by atoms with Crippen LogP contribution in [0.4, 0.5) is 5.82 Å². The summed E-state index contributed by atoms with van der Waals surface area (Å²) in [5, 5.41) is 12.7. The summed E-state index contributed by atoms with van der Waals surface area (Å²) in [6.45, 7) is 3.10. The van der Waals surface area contributed by atoms with Crippen LogP contribution in [-0.2, 0) is 0 Å². The maximum Gasteiger partial charge on any atom is 0.337 e. The van der Waals surface area contributed by atoms with Crippen LogP contribution in [0.25, 0.3) is 0 Å². The molecular formula is C22H27N3O2. The number of pyridine rings is 1. The Morgan fingerprint density at radius 2 is 1.93 bits per heavy atom. The van der Waals surface area contributed by atoms with Gasteiger partial charge in [0, 0.05) is 31.2 Å². The first-order valence-electron chi connectivity index (χ1n) is 9.93. The van der Waals surface area contributed by atoms with E-state index in [9.17, 15) is 4.79 Å². The van der Waals surface area contributed by atoms with Crippen molar-refractivity contribution >= 4 is 11.8 Å². The Labute approximate surface area is 160 Å². The van der Waals surface area contributed by atoms with Gasteiger partial charge in [-0.15, -0.1) is 0 Å². The molecule has 4 rings (SSSR count). The highest BCUT2D eigenvalue weighted by Gasteiger charge is 2.37. The number of benzene rings is 1. The van der Waals surface area contributed by atoms with E-state index in [0.717, 1.165) is 31.4 Å². The zero-order chi connectivity index (χ0) is 18.6. The SMILES string of the molecule is O=C(O)c1ccc(N2CCC(CCN[C@@H]3C[C@H]3c3ccccc3)CC2)nc1. The third-order valence-electron chi connectivity index (χ3n) is 5.91. The molecule has 142 valence electrons. The molecule has 1 aliphatic heterocycles. The van der Waals surface area contributed by atoms with Crippen molar-refractivity contribution in [1.29, 1.82) is 0 Å². The number of anilines is 1. The molecule has 0 unspecified atom stereocenters. The molecule has 5 heteroatoms. The molecule has 27 heavy (non-hydrogen) atoms. The number of nitrogens with zero attached hydrogens (tertiary/aromatic N) is 2. The fourth-order valence-electron chi connectivity index (χ4n) is 4.11. The summed E-state index contributed by atoms with van der Waals surface area (Å²) < 4.78 is 0. The minimum Gasteiger partial charge on any atom is -0.478 e. The average Bonchev–Trinajstić information content (AvgIpc) is 3.49. The van der Waals surface area contributed by atoms with Crippen molar-refractivity contribution in [3.8, 4) is 0 Å². The summed E-state index contributed by atoms with van der Waals surface area (Å²) in [5.41, 5.74) is 1.71. The van der Waals surface area contributed by atoms with Gasteiger partial charge in [-0.25, -0.2) is 9.78 Å². The Kier molecular flexibility index (Phi) is 5.39. The van der Waals surface area contributed by atoms with Gasteiger partial charge in [0.15, 0.2) is 0 Å². The summed E-state index contributed by atoms with van der Waals surface area (Å²) in [7, 11) is 0. The molecule has 2 atom stereocenters. The van der Waals surface area contributed by atoms with Gasteiger partial charge in [-0.3, -0.25) is 0 Å². The molecule has 2 fully saturated rings. The lowest BCUT2D eigenvalue weighted by molar-refractivity contribution is 0.0696. The van der Waals surface area contributed by atoms with E-state index in [2.05, 4.69) is 45.5 Å². The number of hydrogen-bond acceptors (Lipinski definition) is 4. The zero-order valence-corrected chi connectivity index (χ0v) is 15.6. The van der Waals surface area contributed by atoms with E-state index < -0.39 is 5.97 Å². The molecule has 1 saturated heterocycles. The molecule has 0 amide bonds. The maximum atomic E-state index is 10.9. The Hall–Kier alpha value is -2.40. The van der Waals surface area contributed by atoms with Crippen LogP contribution in [0, 0.1) is 5.92 Å². The highest BCUT2D eigenvalue weighted by molar-refractivity contribution is 5.87. The Morgan fingerprint density at radius 1 is 1.15 bits per heavy atom. The van der Waals surface area contributed by atoms with E-state index >= 15 is 0 Å². The van der Waals surface area contributed by atoms with Crippen molar-refractivity contribution in [2.75, 3.05) is 24.5 Å². The molecule has 1 saturated carbocycles. The van der Waals surface area contributed by atoms with Crippen molar-refractivity contribution in [2.45, 2.75) is 37.6 Å². The predicted molar refractivity (Wildman–Crippen MR) is 106 cm³/mol. The molecule has 2 aliphatic rings. The molecule has 0 bridgehead atoms. The Bertz CT molecular complexity index is 755. The third-order valence-corrected chi connectivity index (χ3v) is 5.91. The van der Waals surface area contributed by atoms with Gasteiger partial charge in [-0.2, -0.15) is 0 Å². The summed E-state index contributed by atoms with van der Waals surface area (Å²) in [6.07, 6.45) is 6.30. The van der Waals surface area contributed by atoms with Crippen molar-refractivity contribution in [3.05, 3.63) is 59.8 Å². The number of aromatic nitrogens is 1. The number of carboxylic acids is 1. The average molecular weight is 365 g/mol. The molecule has 5 nitrogen and oxygen atoms in total. The first-order chi connectivity index (χ1) is 13.2. The fraction of sp³-hybridized carbons (Fsp3) is 0.455. The molecule has 1 aromatic heterocycles. The normalized spacial score (nSPS) is 22.6. The quantitative estimate of drug-likeness (QED) is 0.786. The van der Waals surface area contributed by atoms with Gasteiger partial charge in [0.25, 0.3) is 0 Å². The van der Waals surface area contributed by atoms with E-state index in [0.29, 0.717) is 12.0 Å². The lowest BCUT2D eigenvalue weighted by atomic mass is 9.93. The first-order valence-corrected chi connectivity index (χ1v) is 9.93. The van der Waals surface area contributed by atoms with E-state index in [-0.39, 0.29) is 5.56 Å². The number of aromatic carboxylic acids is 1. The second-order valence-electron chi connectivity index (χ2n) is 7.74. The molecule has 2 N–H and O–H groups in total. The minimum absolute atomic E-state index is 0.244. The van der Waals surface area contributed by atoms with Crippen LogP contribution < -0.4 is 10.2 Å². The molecular weight excluding hydrogens is 338 g/mol. The maximum absolute atomic E-state index is 10.9. The Balaban J connectivity index is 1.16. The van der Waals surface area contributed by atoms with Gasteiger partial charge in [0.2, 0.25) is 0 Å². The van der Waals surface area contributed by atoms with Gasteiger partial charge in [0.05, 0.1) is 5.56 Å². The van der Waals surface area contributed by atoms with Gasteiger partial charge in [0.1, 0.15) is 5.82 Å². The number of rotatable bonds is 7. The van der Waals surface area contributed by atoms with Crippen LogP contribution in [0.1, 0.15) is 47.5 Å². The molecule has 2 heterocycles. The highest BCUT2D eigenvalue weighted by Crippen LogP contribution is 2.40. The summed E-state index contributed by atoms with van der Waals surface area (Å²) in [4.78, 5) is 17.5. The second kappa shape index (κ2) is 8.09. The summed E-state index contributed by atoms with van der Waals surface area (Å²) in [5.74, 6) is 1.43. The molecule has 1 aromatic carbocycles. The van der Waals surface area contributed by atoms with Crippen molar-refractivity contribution in [3.63, 3.8) is 0 Å². The lowest BCUT2D eigenvalue weighted by Crippen LogP contribution is -2.35. The Morgan fingerprint density at radius 3 is 2.59 bits per heavy atom. The number of carboxylic acid groups (broad SMARTS) is 1. The van der Waals surface area contributed by atoms with Crippen LogP contribution in [0.3, 0.4) is 0 Å². The minimum atomic E-state index is -0.926. The van der Waals surface area contributed by atoms with Crippen molar-refractivity contribution in [2.24, 2.45) is 5.92 Å². The fourth-order valence-corrected chi connectivity index (χ4v) is 4.11. The number of piperidine rings is 1. The summed E-state index contributed by atoms with van der Waals surface area (Å²) in [6, 6.07) is 14.9. The van der Waals surface area contributed by atoms with Crippen LogP contribution in [0.5, 0.6) is 0 Å². The third kappa shape index (κ3) is 4.48. The van der Waals surface area contributed by atoms with Gasteiger partial charge in [-0.1, -0.05) is 30.3 Å². The summed E-state index contributed by atoms with van der Waals surface area (Å²) >= 11 is 0. The smallest absolute Gasteiger partial charge is 0.337 e. The molecule has 0 radical (unpaired) electrons. The van der Waals surface area contributed by atoms with Crippen molar-refractivity contribution in [1.82, 2.24) is 10.3 Å². The molecule has 2 aromatic rings. The van der Waals surface area contributed by atoms with Crippen molar-refractivity contribution < 1.29 is 9.90 Å². The monoisotopic (exact) mass is 365 g/mol.